The number of carbonyl (C=O) groups excluding carboxylic acids is 1. The summed E-state index contributed by atoms with van der Waals surface area (Å²) in [7, 11) is 1.28. The van der Waals surface area contributed by atoms with Gasteiger partial charge in [0, 0.05) is 0 Å². The predicted octanol–water partition coefficient (Wildman–Crippen LogP) is 0.342. The molecule has 0 radical (unpaired) electrons. The highest BCUT2D eigenvalue weighted by Gasteiger charge is 2.19. The number of methoxy groups -OCH3 is 1. The maximum atomic E-state index is 10.7. The minimum atomic E-state index is -0.732. The topological polar surface area (TPSA) is 46.5 Å². The van der Waals surface area contributed by atoms with Gasteiger partial charge in [-0.15, -0.1) is 6.58 Å². The number of aliphatic hydroxyl groups is 1. The van der Waals surface area contributed by atoms with Crippen LogP contribution in [0.1, 0.15) is 6.92 Å². The van der Waals surface area contributed by atoms with Gasteiger partial charge < -0.3 is 9.84 Å². The lowest BCUT2D eigenvalue weighted by atomic mass is 10.1. The molecule has 0 fully saturated rings. The van der Waals surface area contributed by atoms with Crippen molar-refractivity contribution in [1.82, 2.24) is 0 Å². The summed E-state index contributed by atoms with van der Waals surface area (Å²) in [5.41, 5.74) is 0. The van der Waals surface area contributed by atoms with Crippen LogP contribution in [0, 0.1) is 5.92 Å². The van der Waals surface area contributed by atoms with Crippen LogP contribution < -0.4 is 0 Å². The molecule has 0 aromatic heterocycles. The van der Waals surface area contributed by atoms with Crippen LogP contribution in [0.4, 0.5) is 0 Å². The average Bonchev–Trinajstić information content (AvgIpc) is 1.88. The van der Waals surface area contributed by atoms with E-state index in [2.05, 4.69) is 11.3 Å². The zero-order valence-electron chi connectivity index (χ0n) is 6.20. The number of esters is 1. The summed E-state index contributed by atoms with van der Waals surface area (Å²) in [5, 5.41) is 8.94. The van der Waals surface area contributed by atoms with E-state index < -0.39 is 18.0 Å². The van der Waals surface area contributed by atoms with Crippen molar-refractivity contribution in [2.45, 2.75) is 13.0 Å². The van der Waals surface area contributed by atoms with Gasteiger partial charge >= 0.3 is 5.97 Å². The molecular weight excluding hydrogens is 132 g/mol. The maximum absolute atomic E-state index is 10.7. The molecule has 58 valence electrons. The molecule has 0 aromatic carbocycles. The van der Waals surface area contributed by atoms with Gasteiger partial charge in [0.05, 0.1) is 13.2 Å². The molecule has 0 aliphatic heterocycles. The molecule has 0 saturated heterocycles. The fraction of sp³-hybridized carbons (Fsp3) is 0.571. The van der Waals surface area contributed by atoms with E-state index in [-0.39, 0.29) is 0 Å². The fourth-order valence-electron chi connectivity index (χ4n) is 0.626. The van der Waals surface area contributed by atoms with Crippen LogP contribution in [-0.4, -0.2) is 24.3 Å². The molecule has 0 spiro atoms. The molecule has 2 atom stereocenters. The Balaban J connectivity index is 4.06. The second kappa shape index (κ2) is 4.06. The Bertz CT molecular complexity index is 129. The first-order valence-corrected chi connectivity index (χ1v) is 3.02. The van der Waals surface area contributed by atoms with Crippen LogP contribution in [-0.2, 0) is 9.53 Å². The van der Waals surface area contributed by atoms with Crippen molar-refractivity contribution in [3.05, 3.63) is 12.7 Å². The largest absolute Gasteiger partial charge is 0.468 e. The van der Waals surface area contributed by atoms with Gasteiger partial charge in [-0.3, -0.25) is 4.79 Å². The van der Waals surface area contributed by atoms with E-state index in [9.17, 15) is 4.79 Å². The van der Waals surface area contributed by atoms with Crippen LogP contribution in [0.3, 0.4) is 0 Å². The molecule has 0 heterocycles. The molecule has 0 rings (SSSR count). The van der Waals surface area contributed by atoms with E-state index in [1.165, 1.54) is 20.1 Å². The molecule has 3 heteroatoms. The summed E-state index contributed by atoms with van der Waals surface area (Å²) in [6.07, 6.45) is 0.640. The zero-order chi connectivity index (χ0) is 8.15. The average molecular weight is 144 g/mol. The lowest BCUT2D eigenvalue weighted by molar-refractivity contribution is -0.146. The van der Waals surface area contributed by atoms with E-state index in [0.717, 1.165) is 0 Å². The van der Waals surface area contributed by atoms with Gasteiger partial charge in [0.25, 0.3) is 0 Å². The molecule has 0 unspecified atom stereocenters. The van der Waals surface area contributed by atoms with Crippen molar-refractivity contribution >= 4 is 5.97 Å². The van der Waals surface area contributed by atoms with E-state index in [4.69, 9.17) is 5.11 Å². The number of aliphatic hydroxyl groups excluding tert-OH is 1. The van der Waals surface area contributed by atoms with Crippen molar-refractivity contribution < 1.29 is 14.6 Å². The Morgan fingerprint density at radius 2 is 2.30 bits per heavy atom. The van der Waals surface area contributed by atoms with Crippen molar-refractivity contribution in [3.63, 3.8) is 0 Å². The van der Waals surface area contributed by atoms with Gasteiger partial charge in [-0.1, -0.05) is 6.08 Å². The summed E-state index contributed by atoms with van der Waals surface area (Å²) < 4.78 is 4.39. The highest BCUT2D eigenvalue weighted by atomic mass is 16.5. The van der Waals surface area contributed by atoms with Crippen LogP contribution in [0.5, 0.6) is 0 Å². The van der Waals surface area contributed by atoms with Crippen molar-refractivity contribution in [2.75, 3.05) is 7.11 Å². The second-order valence-corrected chi connectivity index (χ2v) is 2.03. The first-order chi connectivity index (χ1) is 4.63. The van der Waals surface area contributed by atoms with Crippen molar-refractivity contribution in [3.8, 4) is 0 Å². The number of rotatable bonds is 3. The van der Waals surface area contributed by atoms with Crippen molar-refractivity contribution in [2.24, 2.45) is 5.92 Å². The zero-order valence-corrected chi connectivity index (χ0v) is 6.20. The third kappa shape index (κ3) is 2.19. The summed E-state index contributed by atoms with van der Waals surface area (Å²) in [5.74, 6) is -1.06. The first kappa shape index (κ1) is 9.17. The third-order valence-corrected chi connectivity index (χ3v) is 1.25. The Kier molecular flexibility index (Phi) is 3.72. The summed E-state index contributed by atoms with van der Waals surface area (Å²) in [6, 6.07) is 0. The van der Waals surface area contributed by atoms with Gasteiger partial charge in [-0.2, -0.15) is 0 Å². The van der Waals surface area contributed by atoms with Crippen molar-refractivity contribution in [1.29, 1.82) is 0 Å². The van der Waals surface area contributed by atoms with E-state index in [0.29, 0.717) is 0 Å². The van der Waals surface area contributed by atoms with E-state index in [1.54, 1.807) is 0 Å². The lowest BCUT2D eigenvalue weighted by Gasteiger charge is -2.11. The molecule has 10 heavy (non-hydrogen) atoms. The van der Waals surface area contributed by atoms with Gasteiger partial charge in [0.1, 0.15) is 5.92 Å². The molecule has 0 aliphatic carbocycles. The SMILES string of the molecule is C=C[C@@H](C(=O)OC)[C@@H](C)O. The molecule has 0 aromatic rings. The van der Waals surface area contributed by atoms with Gasteiger partial charge in [-0.25, -0.2) is 0 Å². The Hall–Kier alpha value is -0.830. The molecule has 0 bridgehead atoms. The first-order valence-electron chi connectivity index (χ1n) is 3.02. The maximum Gasteiger partial charge on any atom is 0.315 e. The van der Waals surface area contributed by atoms with Gasteiger partial charge in [0.2, 0.25) is 0 Å². The van der Waals surface area contributed by atoms with Crippen LogP contribution >= 0.6 is 0 Å². The predicted molar refractivity (Wildman–Crippen MR) is 37.4 cm³/mol. The normalized spacial score (nSPS) is 15.5. The molecule has 0 aliphatic rings. The van der Waals surface area contributed by atoms with Gasteiger partial charge in [0.15, 0.2) is 0 Å². The fourth-order valence-corrected chi connectivity index (χ4v) is 0.626. The molecular formula is C7H12O3. The summed E-state index contributed by atoms with van der Waals surface area (Å²) in [4.78, 5) is 10.7. The quantitative estimate of drug-likeness (QED) is 0.459. The third-order valence-electron chi connectivity index (χ3n) is 1.25. The van der Waals surface area contributed by atoms with E-state index >= 15 is 0 Å². The number of carbonyl (C=O) groups is 1. The molecule has 1 N–H and O–H groups in total. The Labute approximate surface area is 60.3 Å². The lowest BCUT2D eigenvalue weighted by Crippen LogP contribution is -2.24. The second-order valence-electron chi connectivity index (χ2n) is 2.03. The minimum absolute atomic E-state index is 0.454. The molecule has 0 saturated carbocycles. The number of ether oxygens (including phenoxy) is 1. The monoisotopic (exact) mass is 144 g/mol. The summed E-state index contributed by atoms with van der Waals surface area (Å²) in [6.45, 7) is 4.91. The van der Waals surface area contributed by atoms with Crippen LogP contribution in [0.2, 0.25) is 0 Å². The Morgan fingerprint density at radius 1 is 1.80 bits per heavy atom. The molecule has 0 amide bonds. The summed E-state index contributed by atoms with van der Waals surface area (Å²) >= 11 is 0. The Morgan fingerprint density at radius 3 is 2.40 bits per heavy atom. The molecule has 3 nitrogen and oxygen atoms in total. The van der Waals surface area contributed by atoms with Crippen LogP contribution in [0.25, 0.3) is 0 Å². The highest BCUT2D eigenvalue weighted by molar-refractivity contribution is 5.74. The van der Waals surface area contributed by atoms with Gasteiger partial charge in [-0.05, 0) is 6.92 Å². The number of hydrogen-bond donors (Lipinski definition) is 1. The minimum Gasteiger partial charge on any atom is -0.468 e. The standard InChI is InChI=1S/C7H12O3/c1-4-6(5(2)8)7(9)10-3/h4-6,8H,1H2,2-3H3/t5-,6-/m1/s1. The van der Waals surface area contributed by atoms with E-state index in [1.807, 2.05) is 0 Å². The van der Waals surface area contributed by atoms with Crippen LogP contribution in [0.15, 0.2) is 12.7 Å². The smallest absolute Gasteiger partial charge is 0.315 e. The number of hydrogen-bond acceptors (Lipinski definition) is 3. The highest BCUT2D eigenvalue weighted by Crippen LogP contribution is 2.05.